The zero-order valence-electron chi connectivity index (χ0n) is 17.0. The third-order valence-corrected chi connectivity index (χ3v) is 5.31. The SMILES string of the molecule is Cc1ccc(NC(=O)CCSCCC(=O)Nc2ccc(C)c([N+](=O)[O-])c2)cc1[N+](=O)[O-]. The van der Waals surface area contributed by atoms with Crippen molar-refractivity contribution in [2.24, 2.45) is 0 Å². The van der Waals surface area contributed by atoms with Gasteiger partial charge in [-0.1, -0.05) is 12.1 Å². The van der Waals surface area contributed by atoms with Crippen molar-refractivity contribution in [2.75, 3.05) is 22.1 Å². The molecule has 2 rings (SSSR count). The van der Waals surface area contributed by atoms with Crippen LogP contribution in [0.25, 0.3) is 0 Å². The van der Waals surface area contributed by atoms with Crippen molar-refractivity contribution >= 4 is 46.3 Å². The maximum absolute atomic E-state index is 12.0. The minimum atomic E-state index is -0.499. The van der Waals surface area contributed by atoms with Crippen molar-refractivity contribution in [2.45, 2.75) is 26.7 Å². The van der Waals surface area contributed by atoms with Crippen LogP contribution < -0.4 is 10.6 Å². The van der Waals surface area contributed by atoms with Crippen LogP contribution in [0.4, 0.5) is 22.7 Å². The molecule has 0 saturated heterocycles. The Morgan fingerprint density at radius 3 is 1.55 bits per heavy atom. The van der Waals surface area contributed by atoms with E-state index in [0.717, 1.165) is 0 Å². The van der Waals surface area contributed by atoms with Gasteiger partial charge in [0, 0.05) is 59.0 Å². The van der Waals surface area contributed by atoms with E-state index in [-0.39, 0.29) is 36.0 Å². The number of anilines is 2. The first-order chi connectivity index (χ1) is 14.7. The smallest absolute Gasteiger partial charge is 0.274 e. The van der Waals surface area contributed by atoms with Crippen LogP contribution in [0.3, 0.4) is 0 Å². The van der Waals surface area contributed by atoms with Crippen LogP contribution in [0.5, 0.6) is 0 Å². The maximum Gasteiger partial charge on any atom is 0.274 e. The van der Waals surface area contributed by atoms with Crippen LogP contribution in [0, 0.1) is 34.1 Å². The summed E-state index contributed by atoms with van der Waals surface area (Å²) < 4.78 is 0. The van der Waals surface area contributed by atoms with E-state index in [0.29, 0.717) is 34.0 Å². The van der Waals surface area contributed by atoms with Crippen LogP contribution in [0.2, 0.25) is 0 Å². The number of benzene rings is 2. The van der Waals surface area contributed by atoms with E-state index in [1.54, 1.807) is 38.1 Å². The standard InChI is InChI=1S/C20H22N4O6S/c1-13-3-5-15(11-17(13)23(27)28)21-19(25)7-9-31-10-8-20(26)22-16-6-4-14(2)18(12-16)24(29)30/h3-6,11-12H,7-10H2,1-2H3,(H,21,25)(H,22,26). The summed E-state index contributed by atoms with van der Waals surface area (Å²) >= 11 is 1.41. The first-order valence-corrected chi connectivity index (χ1v) is 10.5. The summed E-state index contributed by atoms with van der Waals surface area (Å²) in [6, 6.07) is 8.99. The van der Waals surface area contributed by atoms with Crippen molar-refractivity contribution in [3.8, 4) is 0 Å². The Bertz CT molecular complexity index is 932. The zero-order valence-corrected chi connectivity index (χ0v) is 17.9. The molecule has 2 aromatic rings. The number of hydrogen-bond donors (Lipinski definition) is 2. The highest BCUT2D eigenvalue weighted by molar-refractivity contribution is 7.99. The van der Waals surface area contributed by atoms with E-state index in [9.17, 15) is 29.8 Å². The molecule has 2 N–H and O–H groups in total. The first kappa shape index (κ1) is 23.8. The number of rotatable bonds is 10. The molecule has 0 saturated carbocycles. The fraction of sp³-hybridized carbons (Fsp3) is 0.300. The average Bonchev–Trinajstić information content (AvgIpc) is 2.70. The van der Waals surface area contributed by atoms with Gasteiger partial charge in [-0.15, -0.1) is 0 Å². The van der Waals surface area contributed by atoms with Crippen LogP contribution in [-0.2, 0) is 9.59 Å². The Labute approximate surface area is 182 Å². The first-order valence-electron chi connectivity index (χ1n) is 9.35. The zero-order chi connectivity index (χ0) is 23.0. The summed E-state index contributed by atoms with van der Waals surface area (Å²) in [6.07, 6.45) is 0.385. The molecule has 0 atom stereocenters. The largest absolute Gasteiger partial charge is 0.326 e. The Morgan fingerprint density at radius 1 is 0.806 bits per heavy atom. The third-order valence-electron chi connectivity index (χ3n) is 4.33. The molecule has 0 spiro atoms. The van der Waals surface area contributed by atoms with Gasteiger partial charge in [0.15, 0.2) is 0 Å². The molecule has 11 heteroatoms. The number of nitrogens with zero attached hydrogens (tertiary/aromatic N) is 2. The molecule has 0 aliphatic rings. The highest BCUT2D eigenvalue weighted by Crippen LogP contribution is 2.23. The summed E-state index contributed by atoms with van der Waals surface area (Å²) in [6.45, 7) is 3.24. The van der Waals surface area contributed by atoms with E-state index in [2.05, 4.69) is 10.6 Å². The van der Waals surface area contributed by atoms with E-state index >= 15 is 0 Å². The fourth-order valence-corrected chi connectivity index (χ4v) is 3.51. The topological polar surface area (TPSA) is 144 Å². The van der Waals surface area contributed by atoms with E-state index in [4.69, 9.17) is 0 Å². The predicted octanol–water partition coefficient (Wildman–Crippen LogP) is 4.21. The molecule has 2 aromatic carbocycles. The third kappa shape index (κ3) is 7.37. The Balaban J connectivity index is 1.71. The van der Waals surface area contributed by atoms with Gasteiger partial charge in [0.1, 0.15) is 0 Å². The van der Waals surface area contributed by atoms with Gasteiger partial charge in [0.2, 0.25) is 11.8 Å². The molecule has 0 aliphatic heterocycles. The molecule has 0 radical (unpaired) electrons. The lowest BCUT2D eigenvalue weighted by atomic mass is 10.2. The van der Waals surface area contributed by atoms with Gasteiger partial charge in [0.25, 0.3) is 11.4 Å². The van der Waals surface area contributed by atoms with Gasteiger partial charge in [-0.25, -0.2) is 0 Å². The summed E-state index contributed by atoms with van der Waals surface area (Å²) in [5.74, 6) is 0.399. The van der Waals surface area contributed by atoms with Gasteiger partial charge in [0.05, 0.1) is 9.85 Å². The predicted molar refractivity (Wildman–Crippen MR) is 119 cm³/mol. The molecular weight excluding hydrogens is 424 g/mol. The Morgan fingerprint density at radius 2 is 1.19 bits per heavy atom. The second kappa shape index (κ2) is 11.1. The maximum atomic E-state index is 12.0. The van der Waals surface area contributed by atoms with Crippen molar-refractivity contribution in [1.82, 2.24) is 0 Å². The molecule has 0 bridgehead atoms. The van der Waals surface area contributed by atoms with Crippen LogP contribution in [0.1, 0.15) is 24.0 Å². The van der Waals surface area contributed by atoms with E-state index in [1.807, 2.05) is 0 Å². The monoisotopic (exact) mass is 446 g/mol. The number of nitrogens with one attached hydrogen (secondary N) is 2. The van der Waals surface area contributed by atoms with Gasteiger partial charge in [-0.3, -0.25) is 29.8 Å². The Kier molecular flexibility index (Phi) is 8.50. The number of amides is 2. The highest BCUT2D eigenvalue weighted by atomic mass is 32.2. The minimum absolute atomic E-state index is 0.0582. The number of carbonyl (C=O) groups excluding carboxylic acids is 2. The lowest BCUT2D eigenvalue weighted by Crippen LogP contribution is -2.14. The summed E-state index contributed by atoms with van der Waals surface area (Å²) in [7, 11) is 0. The molecule has 0 heterocycles. The highest BCUT2D eigenvalue weighted by Gasteiger charge is 2.13. The molecule has 31 heavy (non-hydrogen) atoms. The van der Waals surface area contributed by atoms with E-state index < -0.39 is 9.85 Å². The molecule has 0 unspecified atom stereocenters. The van der Waals surface area contributed by atoms with Crippen molar-refractivity contribution in [3.63, 3.8) is 0 Å². The minimum Gasteiger partial charge on any atom is -0.326 e. The van der Waals surface area contributed by atoms with Gasteiger partial charge in [-0.05, 0) is 26.0 Å². The molecule has 164 valence electrons. The summed E-state index contributed by atoms with van der Waals surface area (Å²) in [4.78, 5) is 44.9. The van der Waals surface area contributed by atoms with Crippen molar-refractivity contribution < 1.29 is 19.4 Å². The number of carbonyl (C=O) groups is 2. The molecule has 0 aromatic heterocycles. The molecule has 0 aliphatic carbocycles. The van der Waals surface area contributed by atoms with Crippen molar-refractivity contribution in [3.05, 3.63) is 67.8 Å². The number of aryl methyl sites for hydroxylation is 2. The molecular formula is C20H22N4O6S. The lowest BCUT2D eigenvalue weighted by Gasteiger charge is -2.07. The molecule has 0 fully saturated rings. The van der Waals surface area contributed by atoms with Gasteiger partial charge < -0.3 is 10.6 Å². The summed E-state index contributed by atoms with van der Waals surface area (Å²) in [5.41, 5.74) is 1.63. The summed E-state index contributed by atoms with van der Waals surface area (Å²) in [5, 5.41) is 27.2. The van der Waals surface area contributed by atoms with E-state index in [1.165, 1.54) is 23.9 Å². The average molecular weight is 446 g/mol. The second-order valence-corrected chi connectivity index (χ2v) is 7.95. The number of hydrogen-bond acceptors (Lipinski definition) is 7. The van der Waals surface area contributed by atoms with Crippen molar-refractivity contribution in [1.29, 1.82) is 0 Å². The Hall–Kier alpha value is -3.47. The number of thioether (sulfide) groups is 1. The lowest BCUT2D eigenvalue weighted by molar-refractivity contribution is -0.385. The second-order valence-electron chi connectivity index (χ2n) is 6.73. The fourth-order valence-electron chi connectivity index (χ4n) is 2.65. The van der Waals surface area contributed by atoms with Gasteiger partial charge >= 0.3 is 0 Å². The molecule has 10 nitrogen and oxygen atoms in total. The van der Waals surface area contributed by atoms with Crippen LogP contribution >= 0.6 is 11.8 Å². The number of nitro groups is 2. The normalized spacial score (nSPS) is 10.4. The van der Waals surface area contributed by atoms with Crippen LogP contribution in [-0.4, -0.2) is 33.2 Å². The quantitative estimate of drug-likeness (QED) is 0.316. The van der Waals surface area contributed by atoms with Crippen LogP contribution in [0.15, 0.2) is 36.4 Å². The molecule has 2 amide bonds. The van der Waals surface area contributed by atoms with Gasteiger partial charge in [-0.2, -0.15) is 11.8 Å². The number of nitro benzene ring substituents is 2.